The molecule has 0 spiro atoms. The third-order valence-electron chi connectivity index (χ3n) is 2.54. The van der Waals surface area contributed by atoms with E-state index in [2.05, 4.69) is 51.5 Å². The standard InChI is InChI=1S/C10H13Br2N5/c1-8-13-4-7-16(8)5-2-3-6-17-10(12)14-9(11)15-17/h4,7H,2-3,5-6H2,1H3. The maximum absolute atomic E-state index is 4.22. The SMILES string of the molecule is Cc1nccn1CCCCn1nc(Br)nc1Br. The fourth-order valence-electron chi connectivity index (χ4n) is 1.62. The van der Waals surface area contributed by atoms with Gasteiger partial charge in [-0.3, -0.25) is 0 Å². The lowest BCUT2D eigenvalue weighted by Gasteiger charge is -2.05. The fraction of sp³-hybridized carbons (Fsp3) is 0.500. The first-order valence-electron chi connectivity index (χ1n) is 5.40. The highest BCUT2D eigenvalue weighted by atomic mass is 79.9. The smallest absolute Gasteiger partial charge is 0.218 e. The molecule has 0 N–H and O–H groups in total. The van der Waals surface area contributed by atoms with Crippen molar-refractivity contribution in [3.05, 3.63) is 27.7 Å². The summed E-state index contributed by atoms with van der Waals surface area (Å²) in [6, 6.07) is 0. The monoisotopic (exact) mass is 361 g/mol. The second-order valence-corrected chi connectivity index (χ2v) is 5.17. The lowest BCUT2D eigenvalue weighted by molar-refractivity contribution is 0.510. The molecule has 17 heavy (non-hydrogen) atoms. The summed E-state index contributed by atoms with van der Waals surface area (Å²) in [6.07, 6.45) is 6.00. The number of unbranched alkanes of at least 4 members (excludes halogenated alkanes) is 1. The molecule has 5 nitrogen and oxygen atoms in total. The van der Waals surface area contributed by atoms with E-state index in [1.54, 1.807) is 0 Å². The van der Waals surface area contributed by atoms with Crippen molar-refractivity contribution in [3.8, 4) is 0 Å². The molecule has 2 rings (SSSR count). The Morgan fingerprint density at radius 1 is 1.24 bits per heavy atom. The number of rotatable bonds is 5. The highest BCUT2D eigenvalue weighted by Crippen LogP contribution is 2.12. The zero-order chi connectivity index (χ0) is 12.3. The number of imidazole rings is 1. The summed E-state index contributed by atoms with van der Waals surface area (Å²) in [5, 5.41) is 4.22. The van der Waals surface area contributed by atoms with Crippen LogP contribution >= 0.6 is 31.9 Å². The molecule has 0 atom stereocenters. The molecular formula is C10H13Br2N5. The number of aryl methyl sites for hydroxylation is 3. The molecule has 0 aromatic carbocycles. The lowest BCUT2D eigenvalue weighted by atomic mass is 10.3. The van der Waals surface area contributed by atoms with Gasteiger partial charge in [0.1, 0.15) is 5.82 Å². The van der Waals surface area contributed by atoms with E-state index in [9.17, 15) is 0 Å². The van der Waals surface area contributed by atoms with Crippen molar-refractivity contribution in [1.82, 2.24) is 24.3 Å². The number of hydrogen-bond donors (Lipinski definition) is 0. The van der Waals surface area contributed by atoms with Crippen LogP contribution in [0.3, 0.4) is 0 Å². The van der Waals surface area contributed by atoms with Gasteiger partial charge in [-0.2, -0.15) is 4.98 Å². The predicted octanol–water partition coefficient (Wildman–Crippen LogP) is 2.79. The van der Waals surface area contributed by atoms with Crippen molar-refractivity contribution in [3.63, 3.8) is 0 Å². The largest absolute Gasteiger partial charge is 0.335 e. The van der Waals surface area contributed by atoms with Gasteiger partial charge in [0.2, 0.25) is 4.73 Å². The van der Waals surface area contributed by atoms with Crippen LogP contribution in [0.1, 0.15) is 18.7 Å². The number of hydrogen-bond acceptors (Lipinski definition) is 3. The van der Waals surface area contributed by atoms with E-state index in [-0.39, 0.29) is 0 Å². The second kappa shape index (κ2) is 5.77. The van der Waals surface area contributed by atoms with Crippen LogP contribution in [0.2, 0.25) is 0 Å². The molecule has 0 radical (unpaired) electrons. The number of nitrogens with zero attached hydrogens (tertiary/aromatic N) is 5. The molecule has 0 bridgehead atoms. The normalized spacial score (nSPS) is 11.0. The molecule has 0 fully saturated rings. The van der Waals surface area contributed by atoms with Gasteiger partial charge in [-0.05, 0) is 51.6 Å². The Labute approximate surface area is 117 Å². The van der Waals surface area contributed by atoms with Crippen molar-refractivity contribution < 1.29 is 0 Å². The lowest BCUT2D eigenvalue weighted by Crippen LogP contribution is -2.04. The van der Waals surface area contributed by atoms with E-state index >= 15 is 0 Å². The van der Waals surface area contributed by atoms with Gasteiger partial charge in [-0.25, -0.2) is 9.67 Å². The van der Waals surface area contributed by atoms with E-state index in [1.165, 1.54) is 0 Å². The average Bonchev–Trinajstić information content (AvgIpc) is 2.81. The molecule has 2 aromatic rings. The minimum atomic E-state index is 0.620. The van der Waals surface area contributed by atoms with Gasteiger partial charge in [-0.1, -0.05) is 0 Å². The van der Waals surface area contributed by atoms with Crippen molar-refractivity contribution in [1.29, 1.82) is 0 Å². The van der Waals surface area contributed by atoms with E-state index < -0.39 is 0 Å². The summed E-state index contributed by atoms with van der Waals surface area (Å²) in [5.74, 6) is 1.06. The van der Waals surface area contributed by atoms with Crippen LogP contribution in [0.15, 0.2) is 21.9 Å². The maximum atomic E-state index is 4.22. The van der Waals surface area contributed by atoms with Gasteiger partial charge in [0, 0.05) is 25.5 Å². The summed E-state index contributed by atoms with van der Waals surface area (Å²) in [7, 11) is 0. The third kappa shape index (κ3) is 3.38. The van der Waals surface area contributed by atoms with Crippen LogP contribution in [0.5, 0.6) is 0 Å². The Morgan fingerprint density at radius 2 is 2.00 bits per heavy atom. The highest BCUT2D eigenvalue weighted by molar-refractivity contribution is 9.11. The van der Waals surface area contributed by atoms with E-state index in [0.717, 1.165) is 36.5 Å². The number of halogens is 2. The molecule has 2 heterocycles. The van der Waals surface area contributed by atoms with Crippen molar-refractivity contribution >= 4 is 31.9 Å². The molecule has 0 saturated heterocycles. The molecule has 2 aromatic heterocycles. The zero-order valence-electron chi connectivity index (χ0n) is 9.48. The molecule has 7 heteroatoms. The Balaban J connectivity index is 1.77. The fourth-order valence-corrected chi connectivity index (χ4v) is 2.65. The molecule has 92 valence electrons. The van der Waals surface area contributed by atoms with E-state index in [1.807, 2.05) is 24.0 Å². The Hall–Kier alpha value is -0.690. The molecule has 0 unspecified atom stereocenters. The first kappa shape index (κ1) is 12.8. The third-order valence-corrected chi connectivity index (χ3v) is 3.47. The predicted molar refractivity (Wildman–Crippen MR) is 71.6 cm³/mol. The van der Waals surface area contributed by atoms with Gasteiger partial charge < -0.3 is 4.57 Å². The minimum Gasteiger partial charge on any atom is -0.335 e. The molecular weight excluding hydrogens is 350 g/mol. The molecule has 0 saturated carbocycles. The van der Waals surface area contributed by atoms with Crippen LogP contribution in [0.25, 0.3) is 0 Å². The first-order valence-corrected chi connectivity index (χ1v) is 6.99. The van der Waals surface area contributed by atoms with Gasteiger partial charge in [0.25, 0.3) is 0 Å². The van der Waals surface area contributed by atoms with Crippen LogP contribution in [0.4, 0.5) is 0 Å². The van der Waals surface area contributed by atoms with Crippen molar-refractivity contribution in [2.75, 3.05) is 0 Å². The van der Waals surface area contributed by atoms with Crippen LogP contribution in [-0.2, 0) is 13.1 Å². The van der Waals surface area contributed by atoms with Gasteiger partial charge >= 0.3 is 0 Å². The van der Waals surface area contributed by atoms with Crippen LogP contribution in [0, 0.1) is 6.92 Å². The highest BCUT2D eigenvalue weighted by Gasteiger charge is 2.04. The summed E-state index contributed by atoms with van der Waals surface area (Å²) in [5.41, 5.74) is 0. The molecule has 0 aliphatic heterocycles. The average molecular weight is 363 g/mol. The quantitative estimate of drug-likeness (QED) is 0.768. The van der Waals surface area contributed by atoms with Crippen molar-refractivity contribution in [2.24, 2.45) is 0 Å². The Kier molecular flexibility index (Phi) is 4.33. The van der Waals surface area contributed by atoms with Gasteiger partial charge in [0.15, 0.2) is 4.73 Å². The maximum Gasteiger partial charge on any atom is 0.218 e. The summed E-state index contributed by atoms with van der Waals surface area (Å²) < 4.78 is 5.40. The van der Waals surface area contributed by atoms with Gasteiger partial charge in [0.05, 0.1) is 0 Å². The van der Waals surface area contributed by atoms with E-state index in [4.69, 9.17) is 0 Å². The summed E-state index contributed by atoms with van der Waals surface area (Å²) >= 11 is 6.61. The first-order chi connectivity index (χ1) is 8.16. The Morgan fingerprint density at radius 3 is 2.59 bits per heavy atom. The number of aromatic nitrogens is 5. The minimum absolute atomic E-state index is 0.620. The topological polar surface area (TPSA) is 48.5 Å². The second-order valence-electron chi connectivity index (χ2n) is 3.75. The van der Waals surface area contributed by atoms with E-state index in [0.29, 0.717) is 4.73 Å². The van der Waals surface area contributed by atoms with Crippen LogP contribution in [-0.4, -0.2) is 24.3 Å². The molecule has 0 aliphatic carbocycles. The molecule has 0 aliphatic rings. The van der Waals surface area contributed by atoms with Crippen molar-refractivity contribution in [2.45, 2.75) is 32.9 Å². The summed E-state index contributed by atoms with van der Waals surface area (Å²) in [4.78, 5) is 8.32. The summed E-state index contributed by atoms with van der Waals surface area (Å²) in [6.45, 7) is 3.89. The van der Waals surface area contributed by atoms with Gasteiger partial charge in [-0.15, -0.1) is 5.10 Å². The van der Waals surface area contributed by atoms with Crippen LogP contribution < -0.4 is 0 Å². The zero-order valence-corrected chi connectivity index (χ0v) is 12.6. The molecule has 0 amide bonds. The Bertz CT molecular complexity index is 491.